The summed E-state index contributed by atoms with van der Waals surface area (Å²) < 4.78 is 55.5. The monoisotopic (exact) mass is 485 g/mol. The number of carbonyl (C=O) groups excluding carboxylic acids is 2. The van der Waals surface area contributed by atoms with Gasteiger partial charge in [0.15, 0.2) is 0 Å². The lowest BCUT2D eigenvalue weighted by molar-refractivity contribution is 0.0950. The number of fused-ring (bicyclic) bond motifs is 1. The zero-order chi connectivity index (χ0) is 25.4. The number of urea groups is 1. The molecule has 3 aromatic rings. The van der Waals surface area contributed by atoms with Crippen molar-refractivity contribution in [2.45, 2.75) is 33.0 Å². The van der Waals surface area contributed by atoms with Crippen LogP contribution < -0.4 is 10.2 Å². The summed E-state index contributed by atoms with van der Waals surface area (Å²) in [5.41, 5.74) is 1.90. The summed E-state index contributed by atoms with van der Waals surface area (Å²) in [6.45, 7) is 3.04. The number of aryl methyl sites for hydroxylation is 1. The lowest BCUT2D eigenvalue weighted by Gasteiger charge is -2.40. The second-order valence-corrected chi connectivity index (χ2v) is 8.50. The van der Waals surface area contributed by atoms with E-state index in [0.717, 1.165) is 5.56 Å². The minimum absolute atomic E-state index is 0.0432. The van der Waals surface area contributed by atoms with E-state index in [1.54, 1.807) is 32.2 Å². The number of hydrogen-bond acceptors (Lipinski definition) is 2. The third-order valence-electron chi connectivity index (χ3n) is 6.35. The number of halogens is 4. The summed E-state index contributed by atoms with van der Waals surface area (Å²) >= 11 is 0. The van der Waals surface area contributed by atoms with Crippen molar-refractivity contribution in [3.8, 4) is 0 Å². The number of nitrogens with zero attached hydrogens (tertiary/aromatic N) is 2. The number of nitrogens with one attached hydrogen (secondary N) is 1. The maximum atomic E-state index is 14.5. The van der Waals surface area contributed by atoms with Gasteiger partial charge in [0.05, 0.1) is 18.3 Å². The molecule has 0 spiro atoms. The van der Waals surface area contributed by atoms with Gasteiger partial charge in [0.25, 0.3) is 5.91 Å². The normalized spacial score (nSPS) is 15.3. The van der Waals surface area contributed by atoms with Gasteiger partial charge < -0.3 is 10.2 Å². The van der Waals surface area contributed by atoms with Crippen LogP contribution >= 0.6 is 0 Å². The molecule has 0 aromatic heterocycles. The van der Waals surface area contributed by atoms with E-state index in [1.165, 1.54) is 28.0 Å². The molecule has 0 bridgehead atoms. The predicted octanol–water partition coefficient (Wildman–Crippen LogP) is 5.61. The van der Waals surface area contributed by atoms with Crippen LogP contribution in [-0.2, 0) is 13.1 Å². The number of hydrogen-bond donors (Lipinski definition) is 1. The second kappa shape index (κ2) is 9.40. The van der Waals surface area contributed by atoms with Crippen LogP contribution in [0.15, 0.2) is 48.5 Å². The van der Waals surface area contributed by atoms with Crippen LogP contribution in [-0.4, -0.2) is 23.9 Å². The van der Waals surface area contributed by atoms with E-state index in [2.05, 4.69) is 5.32 Å². The quantitative estimate of drug-likeness (QED) is 0.478. The molecule has 5 nitrogen and oxygen atoms in total. The third kappa shape index (κ3) is 4.58. The van der Waals surface area contributed by atoms with Crippen molar-refractivity contribution in [2.75, 3.05) is 11.9 Å². The average Bonchev–Trinajstić information content (AvgIpc) is 2.80. The molecule has 3 amide bonds. The zero-order valence-corrected chi connectivity index (χ0v) is 19.3. The molecular formula is C26H23F4N3O2. The van der Waals surface area contributed by atoms with Crippen molar-refractivity contribution < 1.29 is 27.2 Å². The molecule has 4 rings (SSSR count). The van der Waals surface area contributed by atoms with Crippen molar-refractivity contribution in [3.05, 3.63) is 99.6 Å². The summed E-state index contributed by atoms with van der Waals surface area (Å²) in [6, 6.07) is 9.81. The Kier molecular flexibility index (Phi) is 6.51. The molecule has 0 saturated carbocycles. The molecule has 0 fully saturated rings. The van der Waals surface area contributed by atoms with Gasteiger partial charge in [0.1, 0.15) is 23.3 Å². The SMILES string of the molecule is Cc1cccc(F)c1CN1C(=O)N(C)C(C)c2ccc(C(=O)NCc3c(F)cc(F)cc3F)cc21. The molecule has 1 atom stereocenters. The number of benzene rings is 3. The molecule has 0 saturated heterocycles. The van der Waals surface area contributed by atoms with Gasteiger partial charge >= 0.3 is 6.03 Å². The van der Waals surface area contributed by atoms with Gasteiger partial charge in [-0.05, 0) is 43.2 Å². The van der Waals surface area contributed by atoms with Crippen LogP contribution in [0.25, 0.3) is 0 Å². The molecule has 1 aliphatic rings. The van der Waals surface area contributed by atoms with E-state index in [1.807, 2.05) is 6.92 Å². The van der Waals surface area contributed by atoms with Gasteiger partial charge in [0.2, 0.25) is 0 Å². The van der Waals surface area contributed by atoms with Crippen LogP contribution in [0.3, 0.4) is 0 Å². The van der Waals surface area contributed by atoms with E-state index in [9.17, 15) is 27.2 Å². The van der Waals surface area contributed by atoms with Crippen molar-refractivity contribution in [1.82, 2.24) is 10.2 Å². The van der Waals surface area contributed by atoms with Crippen molar-refractivity contribution >= 4 is 17.6 Å². The number of amides is 3. The fourth-order valence-electron chi connectivity index (χ4n) is 4.13. The summed E-state index contributed by atoms with van der Waals surface area (Å²) in [5.74, 6) is -4.36. The van der Waals surface area contributed by atoms with E-state index < -0.39 is 41.3 Å². The first kappa shape index (κ1) is 24.3. The molecule has 1 heterocycles. The van der Waals surface area contributed by atoms with Crippen molar-refractivity contribution in [2.24, 2.45) is 0 Å². The van der Waals surface area contributed by atoms with E-state index >= 15 is 0 Å². The Labute approximate surface area is 200 Å². The molecule has 1 unspecified atom stereocenters. The third-order valence-corrected chi connectivity index (χ3v) is 6.35. The largest absolute Gasteiger partial charge is 0.348 e. The van der Waals surface area contributed by atoms with Crippen LogP contribution in [0.1, 0.15) is 45.6 Å². The first-order chi connectivity index (χ1) is 16.6. The Morgan fingerprint density at radius 1 is 0.971 bits per heavy atom. The molecule has 9 heteroatoms. The highest BCUT2D eigenvalue weighted by Gasteiger charge is 2.34. The molecule has 1 N–H and O–H groups in total. The van der Waals surface area contributed by atoms with E-state index in [-0.39, 0.29) is 24.2 Å². The molecular weight excluding hydrogens is 462 g/mol. The minimum Gasteiger partial charge on any atom is -0.348 e. The predicted molar refractivity (Wildman–Crippen MR) is 123 cm³/mol. The van der Waals surface area contributed by atoms with Gasteiger partial charge in [-0.2, -0.15) is 0 Å². The van der Waals surface area contributed by atoms with E-state index in [4.69, 9.17) is 0 Å². The van der Waals surface area contributed by atoms with E-state index in [0.29, 0.717) is 28.9 Å². The van der Waals surface area contributed by atoms with Crippen LogP contribution in [0.5, 0.6) is 0 Å². The van der Waals surface area contributed by atoms with Crippen molar-refractivity contribution in [1.29, 1.82) is 0 Å². The fourth-order valence-corrected chi connectivity index (χ4v) is 4.13. The molecule has 182 valence electrons. The van der Waals surface area contributed by atoms with Crippen LogP contribution in [0, 0.1) is 30.2 Å². The smallest absolute Gasteiger partial charge is 0.325 e. The van der Waals surface area contributed by atoms with Crippen LogP contribution in [0.2, 0.25) is 0 Å². The van der Waals surface area contributed by atoms with Gasteiger partial charge in [0, 0.05) is 42.4 Å². The Bertz CT molecular complexity index is 1280. The van der Waals surface area contributed by atoms with Gasteiger partial charge in [-0.25, -0.2) is 22.4 Å². The summed E-state index contributed by atoms with van der Waals surface area (Å²) in [6.07, 6.45) is 0. The second-order valence-electron chi connectivity index (χ2n) is 8.50. The number of rotatable bonds is 5. The minimum atomic E-state index is -1.11. The van der Waals surface area contributed by atoms with Gasteiger partial charge in [-0.1, -0.05) is 18.2 Å². The summed E-state index contributed by atoms with van der Waals surface area (Å²) in [5, 5.41) is 2.42. The summed E-state index contributed by atoms with van der Waals surface area (Å²) in [7, 11) is 1.64. The lowest BCUT2D eigenvalue weighted by atomic mass is 9.97. The zero-order valence-electron chi connectivity index (χ0n) is 19.3. The topological polar surface area (TPSA) is 52.7 Å². The standard InChI is InChI=1S/C26H23F4N3O2/c1-14-5-4-6-21(28)20(14)13-33-24-9-16(7-8-18(24)15(2)32(3)26(33)35)25(34)31-12-19-22(29)10-17(27)11-23(19)30/h4-11,15H,12-13H2,1-3H3,(H,31,34). The summed E-state index contributed by atoms with van der Waals surface area (Å²) in [4.78, 5) is 28.9. The first-order valence-corrected chi connectivity index (χ1v) is 10.9. The molecule has 1 aliphatic heterocycles. The Morgan fingerprint density at radius 3 is 2.31 bits per heavy atom. The van der Waals surface area contributed by atoms with Gasteiger partial charge in [-0.3, -0.25) is 9.69 Å². The lowest BCUT2D eigenvalue weighted by Crippen LogP contribution is -2.46. The van der Waals surface area contributed by atoms with Crippen molar-refractivity contribution in [3.63, 3.8) is 0 Å². The first-order valence-electron chi connectivity index (χ1n) is 10.9. The maximum Gasteiger partial charge on any atom is 0.325 e. The average molecular weight is 485 g/mol. The highest BCUT2D eigenvalue weighted by Crippen LogP contribution is 2.37. The Morgan fingerprint density at radius 2 is 1.66 bits per heavy atom. The molecule has 0 aliphatic carbocycles. The van der Waals surface area contributed by atoms with Gasteiger partial charge in [-0.15, -0.1) is 0 Å². The van der Waals surface area contributed by atoms with Crippen LogP contribution in [0.4, 0.5) is 28.0 Å². The molecule has 35 heavy (non-hydrogen) atoms. The Hall–Kier alpha value is -3.88. The Balaban J connectivity index is 1.65. The highest BCUT2D eigenvalue weighted by atomic mass is 19.1. The molecule has 3 aromatic carbocycles. The maximum absolute atomic E-state index is 14.5. The number of anilines is 1. The highest BCUT2D eigenvalue weighted by molar-refractivity contribution is 5.99. The molecule has 0 radical (unpaired) electrons. The number of carbonyl (C=O) groups is 2. The fraction of sp³-hybridized carbons (Fsp3) is 0.231.